The highest BCUT2D eigenvalue weighted by Crippen LogP contribution is 2.72. The van der Waals surface area contributed by atoms with Gasteiger partial charge in [0.15, 0.2) is 0 Å². The van der Waals surface area contributed by atoms with Crippen molar-refractivity contribution in [3.8, 4) is 0 Å². The summed E-state index contributed by atoms with van der Waals surface area (Å²) in [5.74, 6) is 18.6. The Hall–Kier alpha value is 0. The quantitative estimate of drug-likeness (QED) is 0.290. The maximum atomic E-state index is 2.84. The Kier molecular flexibility index (Phi) is 8.55. The minimum Gasteiger partial charge on any atom is -0.0620 e. The summed E-state index contributed by atoms with van der Waals surface area (Å²) in [4.78, 5) is 0. The topological polar surface area (TPSA) is 0 Å². The molecule has 0 spiro atoms. The van der Waals surface area contributed by atoms with E-state index in [4.69, 9.17) is 0 Å². The maximum absolute atomic E-state index is 2.84. The normalized spacial score (nSPS) is 55.9. The Morgan fingerprint density at radius 3 is 1.33 bits per heavy atom. The summed E-state index contributed by atoms with van der Waals surface area (Å²) < 4.78 is 0. The molecule has 254 valence electrons. The van der Waals surface area contributed by atoms with E-state index in [1.807, 2.05) is 0 Å². The van der Waals surface area contributed by atoms with Crippen LogP contribution in [0.25, 0.3) is 0 Å². The van der Waals surface area contributed by atoms with Gasteiger partial charge in [0.25, 0.3) is 0 Å². The summed E-state index contributed by atoms with van der Waals surface area (Å²) in [7, 11) is 0. The lowest BCUT2D eigenvalue weighted by Crippen LogP contribution is -2.57. The molecule has 9 saturated carbocycles. The van der Waals surface area contributed by atoms with Gasteiger partial charge in [0.1, 0.15) is 0 Å². The maximum Gasteiger partial charge on any atom is -0.0292 e. The third kappa shape index (κ3) is 4.97. The van der Waals surface area contributed by atoms with Gasteiger partial charge in [-0.3, -0.25) is 0 Å². The lowest BCUT2D eigenvalue weighted by atomic mass is 9.41. The first kappa shape index (κ1) is 31.0. The molecule has 45 heavy (non-hydrogen) atoms. The van der Waals surface area contributed by atoms with Crippen molar-refractivity contribution in [2.45, 2.75) is 175 Å². The molecule has 0 bridgehead atoms. The van der Waals surface area contributed by atoms with Crippen LogP contribution in [-0.4, -0.2) is 0 Å². The van der Waals surface area contributed by atoms with E-state index in [1.165, 1.54) is 0 Å². The van der Waals surface area contributed by atoms with Crippen molar-refractivity contribution in [2.24, 2.45) is 106 Å². The highest BCUT2D eigenvalue weighted by atomic mass is 14.7. The van der Waals surface area contributed by atoms with Gasteiger partial charge < -0.3 is 0 Å². The van der Waals surface area contributed by atoms with Crippen LogP contribution in [0.15, 0.2) is 0 Å². The molecule has 15 atom stereocenters. The second-order valence-electron chi connectivity index (χ2n) is 20.6. The predicted octanol–water partition coefficient (Wildman–Crippen LogP) is 13.0. The van der Waals surface area contributed by atoms with E-state index in [0.29, 0.717) is 5.41 Å². The average Bonchev–Trinajstić information content (AvgIpc) is 3.64. The van der Waals surface area contributed by atoms with Crippen LogP contribution in [0.4, 0.5) is 0 Å². The first-order chi connectivity index (χ1) is 22.0. The predicted molar refractivity (Wildman–Crippen MR) is 190 cm³/mol. The fourth-order valence-corrected chi connectivity index (χ4v) is 18.0. The Labute approximate surface area is 280 Å². The first-order valence-electron chi connectivity index (χ1n) is 22.0. The number of fused-ring (bicyclic) bond motifs is 8. The van der Waals surface area contributed by atoms with Gasteiger partial charge in [-0.25, -0.2) is 0 Å². The Balaban J connectivity index is 1.08. The highest BCUT2D eigenvalue weighted by Gasteiger charge is 2.65. The second-order valence-corrected chi connectivity index (χ2v) is 20.6. The minimum absolute atomic E-state index is 0.618. The van der Waals surface area contributed by atoms with Crippen LogP contribution in [0.1, 0.15) is 175 Å². The van der Waals surface area contributed by atoms with Gasteiger partial charge in [0.2, 0.25) is 0 Å². The SMILES string of the molecule is CC1C2CCCCC2CCCCC1C1C2CCCCC2C(C2CC3C(C4CCCCC24)C2CCCC2C3(C)C)C2CCCCC21. The summed E-state index contributed by atoms with van der Waals surface area (Å²) in [6, 6.07) is 0. The van der Waals surface area contributed by atoms with E-state index in [-0.39, 0.29) is 0 Å². The van der Waals surface area contributed by atoms with Crippen molar-refractivity contribution in [3.63, 3.8) is 0 Å². The highest BCUT2D eigenvalue weighted by molar-refractivity contribution is 5.13. The number of hydrogen-bond donors (Lipinski definition) is 0. The van der Waals surface area contributed by atoms with Gasteiger partial charge in [-0.15, -0.1) is 0 Å². The number of hydrogen-bond acceptors (Lipinski definition) is 0. The van der Waals surface area contributed by atoms with Crippen LogP contribution in [0, 0.1) is 106 Å². The van der Waals surface area contributed by atoms with Crippen molar-refractivity contribution in [2.75, 3.05) is 0 Å². The summed E-state index contributed by atoms with van der Waals surface area (Å²) in [5, 5.41) is 0. The lowest BCUT2D eigenvalue weighted by Gasteiger charge is -2.63. The average molecular weight is 615 g/mol. The molecule has 0 aromatic carbocycles. The van der Waals surface area contributed by atoms with Crippen molar-refractivity contribution in [1.29, 1.82) is 0 Å². The van der Waals surface area contributed by atoms with E-state index in [0.717, 1.165) is 101 Å². The molecule has 0 nitrogen and oxygen atoms in total. The van der Waals surface area contributed by atoms with E-state index in [9.17, 15) is 0 Å². The second kappa shape index (κ2) is 12.4. The molecule has 0 N–H and O–H groups in total. The lowest BCUT2D eigenvalue weighted by molar-refractivity contribution is -0.151. The monoisotopic (exact) mass is 615 g/mol. The van der Waals surface area contributed by atoms with E-state index < -0.39 is 0 Å². The molecule has 0 heterocycles. The van der Waals surface area contributed by atoms with Crippen LogP contribution in [0.2, 0.25) is 0 Å². The standard InChI is InChI=1S/C45H74/c1-28-30-17-6-4-15-29(30)16-5-7-18-31(28)42-34-21-10-12-23-36(34)43(37-24-13-11-22-35(37)42)39-27-41-44(33-20-9-8-19-32(33)39)38-25-14-26-40(38)45(41,2)3/h28-44H,4-27H2,1-3H3. The largest absolute Gasteiger partial charge is 0.0620 e. The molecular weight excluding hydrogens is 540 g/mol. The zero-order valence-electron chi connectivity index (χ0n) is 30.3. The van der Waals surface area contributed by atoms with E-state index >= 15 is 0 Å². The fourth-order valence-electron chi connectivity index (χ4n) is 18.0. The minimum atomic E-state index is 0.618. The van der Waals surface area contributed by atoms with Gasteiger partial charge in [0, 0.05) is 0 Å². The van der Waals surface area contributed by atoms with Crippen LogP contribution in [-0.2, 0) is 0 Å². The first-order valence-corrected chi connectivity index (χ1v) is 22.0. The van der Waals surface area contributed by atoms with Gasteiger partial charge in [-0.2, -0.15) is 0 Å². The molecule has 9 rings (SSSR count). The van der Waals surface area contributed by atoms with Crippen LogP contribution < -0.4 is 0 Å². The number of rotatable bonds is 2. The van der Waals surface area contributed by atoms with Gasteiger partial charge in [0.05, 0.1) is 0 Å². The van der Waals surface area contributed by atoms with E-state index in [2.05, 4.69) is 20.8 Å². The summed E-state index contributed by atoms with van der Waals surface area (Å²) >= 11 is 0. The fraction of sp³-hybridized carbons (Fsp3) is 1.00. The van der Waals surface area contributed by atoms with Crippen LogP contribution >= 0.6 is 0 Å². The zero-order chi connectivity index (χ0) is 30.3. The van der Waals surface area contributed by atoms with E-state index in [1.54, 1.807) is 154 Å². The van der Waals surface area contributed by atoms with Crippen molar-refractivity contribution < 1.29 is 0 Å². The van der Waals surface area contributed by atoms with Crippen molar-refractivity contribution in [3.05, 3.63) is 0 Å². The summed E-state index contributed by atoms with van der Waals surface area (Å²) in [6.45, 7) is 8.45. The zero-order valence-corrected chi connectivity index (χ0v) is 30.3. The van der Waals surface area contributed by atoms with Crippen LogP contribution in [0.3, 0.4) is 0 Å². The van der Waals surface area contributed by atoms with Gasteiger partial charge >= 0.3 is 0 Å². The Morgan fingerprint density at radius 2 is 0.756 bits per heavy atom. The molecule has 9 fully saturated rings. The molecule has 9 aliphatic rings. The van der Waals surface area contributed by atoms with Crippen molar-refractivity contribution in [1.82, 2.24) is 0 Å². The molecule has 0 radical (unpaired) electrons. The van der Waals surface area contributed by atoms with Crippen LogP contribution in [0.5, 0.6) is 0 Å². The Morgan fingerprint density at radius 1 is 0.333 bits per heavy atom. The molecule has 0 aromatic heterocycles. The molecule has 0 aromatic rings. The van der Waals surface area contributed by atoms with Gasteiger partial charge in [-0.1, -0.05) is 104 Å². The Bertz CT molecular complexity index is 999. The van der Waals surface area contributed by atoms with Crippen molar-refractivity contribution >= 4 is 0 Å². The molecule has 0 heteroatoms. The van der Waals surface area contributed by atoms with Gasteiger partial charge in [-0.05, 0) is 177 Å². The summed E-state index contributed by atoms with van der Waals surface area (Å²) in [5.41, 5.74) is 0.618. The molecule has 0 amide bonds. The smallest absolute Gasteiger partial charge is 0.0292 e. The molecule has 0 saturated heterocycles. The molecular formula is C45H74. The molecule has 9 aliphatic carbocycles. The molecule has 0 aliphatic heterocycles. The third-order valence-electron chi connectivity index (χ3n) is 19.3. The molecule has 15 unspecified atom stereocenters. The summed E-state index contributed by atoms with van der Waals surface area (Å²) in [6.07, 6.45) is 38.3. The third-order valence-corrected chi connectivity index (χ3v) is 19.3.